The minimum Gasteiger partial charge on any atom is -0.329 e. The molecule has 6 rings (SSSR count). The molecule has 4 aromatic rings. The van der Waals surface area contributed by atoms with E-state index in [0.29, 0.717) is 18.8 Å². The fraction of sp³-hybridized carbons (Fsp3) is 0.241. The third kappa shape index (κ3) is 3.35. The number of imidazole rings is 1. The maximum atomic E-state index is 13.7. The van der Waals surface area contributed by atoms with E-state index in [1.807, 2.05) is 18.2 Å². The highest BCUT2D eigenvalue weighted by Crippen LogP contribution is 2.46. The Morgan fingerprint density at radius 2 is 1.65 bits per heavy atom. The quantitative estimate of drug-likeness (QED) is 0.376. The van der Waals surface area contributed by atoms with Crippen LogP contribution in [-0.4, -0.2) is 15.3 Å². The van der Waals surface area contributed by atoms with Gasteiger partial charge in [0.1, 0.15) is 5.82 Å². The van der Waals surface area contributed by atoms with Crippen LogP contribution < -0.4 is 5.32 Å². The van der Waals surface area contributed by atoms with Crippen molar-refractivity contribution < 1.29 is 9.18 Å². The van der Waals surface area contributed by atoms with Gasteiger partial charge in [-0.25, -0.2) is 9.37 Å². The van der Waals surface area contributed by atoms with Gasteiger partial charge in [0.2, 0.25) is 5.95 Å². The second-order valence-electron chi connectivity index (χ2n) is 9.62. The van der Waals surface area contributed by atoms with E-state index in [-0.39, 0.29) is 23.6 Å². The van der Waals surface area contributed by atoms with E-state index in [4.69, 9.17) is 4.98 Å². The van der Waals surface area contributed by atoms with Gasteiger partial charge in [0.15, 0.2) is 5.78 Å². The number of anilines is 1. The number of rotatable bonds is 3. The molecule has 0 saturated carbocycles. The molecular formula is C29H26FN3O. The minimum absolute atomic E-state index is 0.0132. The summed E-state index contributed by atoms with van der Waals surface area (Å²) in [6.45, 7) is 4.36. The van der Waals surface area contributed by atoms with Gasteiger partial charge in [-0.2, -0.15) is 0 Å². The summed E-state index contributed by atoms with van der Waals surface area (Å²) in [4.78, 5) is 18.6. The SMILES string of the molecule is CC(C)c1ccc(C2C3=C(CC(c4ccc(F)cc4)CC3=O)Nc3nc4ccccc4n32)cc1. The fourth-order valence-corrected chi connectivity index (χ4v) is 5.37. The largest absolute Gasteiger partial charge is 0.329 e. The summed E-state index contributed by atoms with van der Waals surface area (Å²) in [7, 11) is 0. The van der Waals surface area contributed by atoms with Crippen LogP contribution in [0.3, 0.4) is 0 Å². The number of allylic oxidation sites excluding steroid dienone is 2. The second-order valence-corrected chi connectivity index (χ2v) is 9.62. The van der Waals surface area contributed by atoms with Gasteiger partial charge in [-0.05, 0) is 59.2 Å². The van der Waals surface area contributed by atoms with Crippen molar-refractivity contribution in [1.82, 2.24) is 9.55 Å². The molecule has 170 valence electrons. The van der Waals surface area contributed by atoms with Crippen molar-refractivity contribution in [2.75, 3.05) is 5.32 Å². The van der Waals surface area contributed by atoms with E-state index in [9.17, 15) is 9.18 Å². The van der Waals surface area contributed by atoms with E-state index >= 15 is 0 Å². The molecular weight excluding hydrogens is 425 g/mol. The lowest BCUT2D eigenvalue weighted by Crippen LogP contribution is -2.33. The highest BCUT2D eigenvalue weighted by molar-refractivity contribution is 6.01. The smallest absolute Gasteiger partial charge is 0.209 e. The molecule has 2 atom stereocenters. The van der Waals surface area contributed by atoms with Gasteiger partial charge >= 0.3 is 0 Å². The van der Waals surface area contributed by atoms with Gasteiger partial charge in [0.05, 0.1) is 17.1 Å². The highest BCUT2D eigenvalue weighted by Gasteiger charge is 2.39. The number of fused-ring (bicyclic) bond motifs is 3. The first-order chi connectivity index (χ1) is 16.5. The first-order valence-electron chi connectivity index (χ1n) is 11.8. The number of Topliss-reactive ketones (excluding diaryl/α,β-unsaturated/α-hetero) is 1. The molecule has 0 saturated heterocycles. The number of para-hydroxylation sites is 2. The molecule has 0 radical (unpaired) electrons. The lowest BCUT2D eigenvalue weighted by molar-refractivity contribution is -0.116. The Balaban J connectivity index is 1.50. The molecule has 2 heterocycles. The molecule has 1 aromatic heterocycles. The molecule has 2 unspecified atom stereocenters. The van der Waals surface area contributed by atoms with Crippen molar-refractivity contribution in [3.05, 3.63) is 107 Å². The number of benzene rings is 3. The third-order valence-electron chi connectivity index (χ3n) is 7.16. The lowest BCUT2D eigenvalue weighted by atomic mass is 9.77. The third-order valence-corrected chi connectivity index (χ3v) is 7.16. The Bertz CT molecular complexity index is 1430. The summed E-state index contributed by atoms with van der Waals surface area (Å²) in [5.41, 5.74) is 6.97. The number of hydrogen-bond acceptors (Lipinski definition) is 3. The van der Waals surface area contributed by atoms with E-state index < -0.39 is 0 Å². The fourth-order valence-electron chi connectivity index (χ4n) is 5.37. The predicted octanol–water partition coefficient (Wildman–Crippen LogP) is 6.71. The molecule has 4 nitrogen and oxygen atoms in total. The molecule has 1 N–H and O–H groups in total. The molecule has 3 aromatic carbocycles. The molecule has 1 aliphatic heterocycles. The molecule has 34 heavy (non-hydrogen) atoms. The van der Waals surface area contributed by atoms with Gasteiger partial charge in [-0.15, -0.1) is 0 Å². The Hall–Kier alpha value is -3.73. The summed E-state index contributed by atoms with van der Waals surface area (Å²) in [6, 6.07) is 23.0. The molecule has 0 fully saturated rings. The number of carbonyl (C=O) groups excluding carboxylic acids is 1. The van der Waals surface area contributed by atoms with Crippen LogP contribution in [0.25, 0.3) is 11.0 Å². The van der Waals surface area contributed by atoms with Gasteiger partial charge in [-0.1, -0.05) is 62.4 Å². The zero-order valence-electron chi connectivity index (χ0n) is 19.3. The van der Waals surface area contributed by atoms with Crippen LogP contribution in [0.2, 0.25) is 0 Å². The molecule has 2 aliphatic rings. The summed E-state index contributed by atoms with van der Waals surface area (Å²) >= 11 is 0. The number of halogens is 1. The standard InChI is InChI=1S/C29H26FN3O/c1-17(2)18-7-9-20(10-8-18)28-27-24(32-29-31-23-5-3-4-6-25(23)33(28)29)15-21(16-26(27)34)19-11-13-22(30)14-12-19/h3-14,17,21,28H,15-16H2,1-2H3,(H,31,32). The molecule has 0 amide bonds. The summed E-state index contributed by atoms with van der Waals surface area (Å²) in [6.07, 6.45) is 1.10. The summed E-state index contributed by atoms with van der Waals surface area (Å²) in [5, 5.41) is 3.50. The van der Waals surface area contributed by atoms with Crippen LogP contribution in [0.15, 0.2) is 84.1 Å². The van der Waals surface area contributed by atoms with Crippen LogP contribution in [0.5, 0.6) is 0 Å². The molecule has 5 heteroatoms. The van der Waals surface area contributed by atoms with Crippen molar-refractivity contribution in [2.24, 2.45) is 0 Å². The van der Waals surface area contributed by atoms with Gasteiger partial charge in [-0.3, -0.25) is 9.36 Å². The Morgan fingerprint density at radius 1 is 0.941 bits per heavy atom. The average Bonchev–Trinajstić information content (AvgIpc) is 3.21. The van der Waals surface area contributed by atoms with E-state index in [0.717, 1.165) is 39.4 Å². The van der Waals surface area contributed by atoms with E-state index in [1.165, 1.54) is 17.7 Å². The van der Waals surface area contributed by atoms with Crippen LogP contribution in [0.1, 0.15) is 61.3 Å². The minimum atomic E-state index is -0.264. The lowest BCUT2D eigenvalue weighted by Gasteiger charge is -2.36. The average molecular weight is 452 g/mol. The van der Waals surface area contributed by atoms with Crippen molar-refractivity contribution in [1.29, 1.82) is 0 Å². The molecule has 0 spiro atoms. The Kier molecular flexibility index (Phi) is 4.87. The van der Waals surface area contributed by atoms with Crippen LogP contribution in [0.4, 0.5) is 10.3 Å². The van der Waals surface area contributed by atoms with Gasteiger partial charge < -0.3 is 5.32 Å². The number of nitrogens with zero attached hydrogens (tertiary/aromatic N) is 2. The predicted molar refractivity (Wildman–Crippen MR) is 132 cm³/mol. The highest BCUT2D eigenvalue weighted by atomic mass is 19.1. The Morgan fingerprint density at radius 3 is 2.38 bits per heavy atom. The van der Waals surface area contributed by atoms with E-state index in [1.54, 1.807) is 12.1 Å². The van der Waals surface area contributed by atoms with Crippen molar-refractivity contribution >= 4 is 22.8 Å². The number of carbonyl (C=O) groups is 1. The molecule has 1 aliphatic carbocycles. The van der Waals surface area contributed by atoms with E-state index in [2.05, 4.69) is 54.1 Å². The zero-order chi connectivity index (χ0) is 23.4. The second kappa shape index (κ2) is 7.94. The zero-order valence-corrected chi connectivity index (χ0v) is 19.3. The Labute approximate surface area is 198 Å². The number of nitrogens with one attached hydrogen (secondary N) is 1. The first-order valence-corrected chi connectivity index (χ1v) is 11.8. The number of aromatic nitrogens is 2. The van der Waals surface area contributed by atoms with Crippen LogP contribution >= 0.6 is 0 Å². The van der Waals surface area contributed by atoms with Gasteiger partial charge in [0.25, 0.3) is 0 Å². The summed E-state index contributed by atoms with van der Waals surface area (Å²) < 4.78 is 15.6. The number of hydrogen-bond donors (Lipinski definition) is 1. The first kappa shape index (κ1) is 20.8. The van der Waals surface area contributed by atoms with Crippen molar-refractivity contribution in [3.8, 4) is 0 Å². The normalized spacial score (nSPS) is 19.8. The van der Waals surface area contributed by atoms with Crippen molar-refractivity contribution in [3.63, 3.8) is 0 Å². The topological polar surface area (TPSA) is 46.9 Å². The van der Waals surface area contributed by atoms with Crippen molar-refractivity contribution in [2.45, 2.75) is 44.6 Å². The maximum absolute atomic E-state index is 13.7. The van der Waals surface area contributed by atoms with Crippen LogP contribution in [0, 0.1) is 5.82 Å². The van der Waals surface area contributed by atoms with Crippen LogP contribution in [-0.2, 0) is 4.79 Å². The number of ketones is 1. The monoisotopic (exact) mass is 451 g/mol. The summed E-state index contributed by atoms with van der Waals surface area (Å²) in [5.74, 6) is 1.07. The maximum Gasteiger partial charge on any atom is 0.209 e. The molecule has 0 bridgehead atoms. The van der Waals surface area contributed by atoms with Gasteiger partial charge in [0, 0.05) is 17.7 Å².